The summed E-state index contributed by atoms with van der Waals surface area (Å²) >= 11 is 15.3. The zero-order chi connectivity index (χ0) is 16.4. The Kier molecular flexibility index (Phi) is 4.61. The van der Waals surface area contributed by atoms with Crippen molar-refractivity contribution in [2.75, 3.05) is 5.32 Å². The average Bonchev–Trinajstić information content (AvgIpc) is 3.01. The molecule has 0 bridgehead atoms. The van der Waals surface area contributed by atoms with E-state index in [0.717, 1.165) is 4.47 Å². The Bertz CT molecular complexity index is 870. The molecule has 0 fully saturated rings. The largest absolute Gasteiger partial charge is 0.321 e. The lowest BCUT2D eigenvalue weighted by Gasteiger charge is -2.10. The van der Waals surface area contributed by atoms with Gasteiger partial charge in [0.15, 0.2) is 0 Å². The molecule has 0 unspecified atom stereocenters. The molecule has 0 aliphatic rings. The summed E-state index contributed by atoms with van der Waals surface area (Å²) in [6.07, 6.45) is 0. The van der Waals surface area contributed by atoms with Crippen LogP contribution >= 0.6 is 39.1 Å². The highest BCUT2D eigenvalue weighted by Crippen LogP contribution is 2.29. The summed E-state index contributed by atoms with van der Waals surface area (Å²) in [5, 5.41) is 17.3. The van der Waals surface area contributed by atoms with Gasteiger partial charge in [0, 0.05) is 15.1 Å². The van der Waals surface area contributed by atoms with Gasteiger partial charge in [-0.15, -0.1) is 10.2 Å². The summed E-state index contributed by atoms with van der Waals surface area (Å²) < 4.78 is 0.794. The molecule has 3 rings (SSSR count). The van der Waals surface area contributed by atoms with E-state index in [1.165, 1.54) is 6.07 Å². The number of hydrogen-bond acceptors (Lipinski definition) is 4. The predicted molar refractivity (Wildman–Crippen MR) is 91.7 cm³/mol. The molecule has 0 saturated carbocycles. The number of aromatic nitrogens is 4. The van der Waals surface area contributed by atoms with Crippen LogP contribution in [0.3, 0.4) is 0 Å². The molecule has 0 saturated heterocycles. The number of rotatable bonds is 3. The van der Waals surface area contributed by atoms with Gasteiger partial charge in [-0.05, 0) is 41.6 Å². The Morgan fingerprint density at radius 1 is 1.17 bits per heavy atom. The number of carbonyl (C=O) groups is 1. The van der Waals surface area contributed by atoms with Crippen molar-refractivity contribution in [2.45, 2.75) is 0 Å². The van der Waals surface area contributed by atoms with E-state index in [1.54, 1.807) is 24.3 Å². The molecule has 6 nitrogen and oxygen atoms in total. The number of nitrogens with zero attached hydrogens (tertiary/aromatic N) is 3. The number of aromatic amines is 1. The maximum Gasteiger partial charge on any atom is 0.257 e. The van der Waals surface area contributed by atoms with E-state index >= 15 is 0 Å². The number of halogens is 3. The van der Waals surface area contributed by atoms with E-state index in [0.29, 0.717) is 27.7 Å². The van der Waals surface area contributed by atoms with Gasteiger partial charge in [0.2, 0.25) is 5.82 Å². The zero-order valence-electron chi connectivity index (χ0n) is 11.3. The first-order chi connectivity index (χ1) is 11.0. The molecule has 2 N–H and O–H groups in total. The molecular weight excluding hydrogens is 405 g/mol. The fourth-order valence-corrected chi connectivity index (χ4v) is 2.81. The highest BCUT2D eigenvalue weighted by atomic mass is 79.9. The lowest BCUT2D eigenvalue weighted by Crippen LogP contribution is -2.13. The highest BCUT2D eigenvalue weighted by molar-refractivity contribution is 9.10. The van der Waals surface area contributed by atoms with Crippen LogP contribution in [0.1, 0.15) is 10.4 Å². The van der Waals surface area contributed by atoms with E-state index in [-0.39, 0.29) is 10.9 Å². The minimum Gasteiger partial charge on any atom is -0.321 e. The van der Waals surface area contributed by atoms with Crippen LogP contribution in [0.4, 0.5) is 5.69 Å². The smallest absolute Gasteiger partial charge is 0.257 e. The molecule has 0 spiro atoms. The highest BCUT2D eigenvalue weighted by Gasteiger charge is 2.15. The van der Waals surface area contributed by atoms with Crippen molar-refractivity contribution < 1.29 is 4.79 Å². The minimum absolute atomic E-state index is 0.270. The Morgan fingerprint density at radius 3 is 2.70 bits per heavy atom. The van der Waals surface area contributed by atoms with Gasteiger partial charge in [0.25, 0.3) is 5.91 Å². The van der Waals surface area contributed by atoms with Gasteiger partial charge in [-0.3, -0.25) is 4.79 Å². The molecule has 2 aromatic carbocycles. The van der Waals surface area contributed by atoms with Gasteiger partial charge in [0.1, 0.15) is 0 Å². The first-order valence-electron chi connectivity index (χ1n) is 6.34. The normalized spacial score (nSPS) is 10.6. The van der Waals surface area contributed by atoms with E-state index in [1.807, 2.05) is 6.07 Å². The zero-order valence-corrected chi connectivity index (χ0v) is 14.4. The Balaban J connectivity index is 1.96. The number of H-pyrrole nitrogens is 1. The van der Waals surface area contributed by atoms with Crippen LogP contribution in [0.2, 0.25) is 10.0 Å². The second-order valence-electron chi connectivity index (χ2n) is 4.50. The molecule has 0 radical (unpaired) electrons. The third-order valence-corrected chi connectivity index (χ3v) is 4.03. The van der Waals surface area contributed by atoms with Crippen LogP contribution in [0.15, 0.2) is 40.9 Å². The van der Waals surface area contributed by atoms with E-state index in [4.69, 9.17) is 23.2 Å². The van der Waals surface area contributed by atoms with Crippen LogP contribution in [-0.2, 0) is 0 Å². The maximum atomic E-state index is 12.5. The maximum absolute atomic E-state index is 12.5. The Labute approximate surface area is 149 Å². The van der Waals surface area contributed by atoms with Gasteiger partial charge in [-0.2, -0.15) is 5.21 Å². The van der Waals surface area contributed by atoms with Crippen LogP contribution < -0.4 is 5.32 Å². The lowest BCUT2D eigenvalue weighted by atomic mass is 10.1. The summed E-state index contributed by atoms with van der Waals surface area (Å²) in [4.78, 5) is 12.5. The van der Waals surface area contributed by atoms with Gasteiger partial charge in [-0.1, -0.05) is 39.1 Å². The molecule has 0 aliphatic heterocycles. The monoisotopic (exact) mass is 411 g/mol. The topological polar surface area (TPSA) is 83.6 Å². The van der Waals surface area contributed by atoms with Crippen molar-refractivity contribution in [3.8, 4) is 11.4 Å². The number of amides is 1. The van der Waals surface area contributed by atoms with Gasteiger partial charge in [0.05, 0.1) is 16.3 Å². The summed E-state index contributed by atoms with van der Waals surface area (Å²) in [6, 6.07) is 10.0. The molecule has 1 amide bonds. The Morgan fingerprint density at radius 2 is 2.00 bits per heavy atom. The summed E-state index contributed by atoms with van der Waals surface area (Å²) in [5.74, 6) is 0.00418. The van der Waals surface area contributed by atoms with Gasteiger partial charge < -0.3 is 5.32 Å². The molecule has 0 atom stereocenters. The van der Waals surface area contributed by atoms with Crippen LogP contribution in [-0.4, -0.2) is 26.5 Å². The number of nitrogens with one attached hydrogen (secondary N) is 2. The lowest BCUT2D eigenvalue weighted by molar-refractivity contribution is 0.102. The Hall–Kier alpha value is -1.96. The minimum atomic E-state index is -0.366. The molecule has 3 aromatic rings. The third-order valence-electron chi connectivity index (χ3n) is 2.99. The van der Waals surface area contributed by atoms with Crippen LogP contribution in [0, 0.1) is 0 Å². The third kappa shape index (κ3) is 3.52. The standard InChI is InChI=1S/C14H8BrCl2N5O/c15-7-1-3-10(13-19-21-22-20-13)12(5-7)18-14(23)9-4-2-8(16)6-11(9)17/h1-6H,(H,18,23)(H,19,20,21,22). The molecule has 23 heavy (non-hydrogen) atoms. The summed E-state index contributed by atoms with van der Waals surface area (Å²) in [7, 11) is 0. The van der Waals surface area contributed by atoms with Crippen LogP contribution in [0.25, 0.3) is 11.4 Å². The SMILES string of the molecule is O=C(Nc1cc(Br)ccc1-c1nn[nH]n1)c1ccc(Cl)cc1Cl. The van der Waals surface area contributed by atoms with Crippen molar-refractivity contribution in [2.24, 2.45) is 0 Å². The van der Waals surface area contributed by atoms with Gasteiger partial charge in [-0.25, -0.2) is 0 Å². The molecule has 0 aliphatic carbocycles. The van der Waals surface area contributed by atoms with Crippen molar-refractivity contribution in [3.63, 3.8) is 0 Å². The number of hydrogen-bond donors (Lipinski definition) is 2. The van der Waals surface area contributed by atoms with E-state index in [2.05, 4.69) is 41.9 Å². The van der Waals surface area contributed by atoms with Crippen LogP contribution in [0.5, 0.6) is 0 Å². The van der Waals surface area contributed by atoms with E-state index in [9.17, 15) is 4.79 Å². The number of tetrazole rings is 1. The molecular formula is C14H8BrCl2N5O. The fraction of sp³-hybridized carbons (Fsp3) is 0. The van der Waals surface area contributed by atoms with Crippen molar-refractivity contribution >= 4 is 50.7 Å². The molecule has 116 valence electrons. The van der Waals surface area contributed by atoms with Crippen molar-refractivity contribution in [1.82, 2.24) is 20.6 Å². The predicted octanol–water partition coefficient (Wildman–Crippen LogP) is 4.19. The number of carbonyl (C=O) groups excluding carboxylic acids is 1. The quantitative estimate of drug-likeness (QED) is 0.675. The molecule has 1 aromatic heterocycles. The second kappa shape index (κ2) is 6.66. The first kappa shape index (κ1) is 15.9. The summed E-state index contributed by atoms with van der Waals surface area (Å²) in [5.41, 5.74) is 1.47. The number of benzene rings is 2. The first-order valence-corrected chi connectivity index (χ1v) is 7.89. The fourth-order valence-electron chi connectivity index (χ4n) is 1.95. The summed E-state index contributed by atoms with van der Waals surface area (Å²) in [6.45, 7) is 0. The average molecular weight is 413 g/mol. The van der Waals surface area contributed by atoms with Crippen molar-refractivity contribution in [3.05, 3.63) is 56.5 Å². The molecule has 9 heteroatoms. The number of anilines is 1. The van der Waals surface area contributed by atoms with Gasteiger partial charge >= 0.3 is 0 Å². The molecule has 1 heterocycles. The second-order valence-corrected chi connectivity index (χ2v) is 6.26. The van der Waals surface area contributed by atoms with Crippen molar-refractivity contribution in [1.29, 1.82) is 0 Å². The van der Waals surface area contributed by atoms with E-state index < -0.39 is 0 Å².